The van der Waals surface area contributed by atoms with Crippen molar-refractivity contribution in [1.29, 1.82) is 0 Å². The van der Waals surface area contributed by atoms with Gasteiger partial charge in [-0.25, -0.2) is 4.39 Å². The van der Waals surface area contributed by atoms with Crippen molar-refractivity contribution in [2.24, 2.45) is 0 Å². The number of H-pyrrole nitrogens is 2. The molecule has 0 spiro atoms. The molecule has 11 heteroatoms. The Morgan fingerprint density at radius 1 is 1.06 bits per heavy atom. The van der Waals surface area contributed by atoms with Gasteiger partial charge in [-0.15, -0.1) is 0 Å². The topological polar surface area (TPSA) is 111 Å². The first-order chi connectivity index (χ1) is 17.5. The Kier molecular flexibility index (Phi) is 5.53. The average molecular weight is 489 g/mol. The Bertz CT molecular complexity index is 1500. The lowest BCUT2D eigenvalue weighted by Crippen LogP contribution is -2.44. The molecule has 1 saturated heterocycles. The van der Waals surface area contributed by atoms with E-state index in [1.807, 2.05) is 37.3 Å². The second-order valence-electron chi connectivity index (χ2n) is 8.88. The molecular weight excluding hydrogens is 463 g/mol. The number of rotatable bonds is 6. The third-order valence-electron chi connectivity index (χ3n) is 6.15. The third-order valence-corrected chi connectivity index (χ3v) is 6.15. The van der Waals surface area contributed by atoms with Crippen molar-refractivity contribution >= 4 is 28.4 Å². The number of fused-ring (bicyclic) bond motifs is 1. The van der Waals surface area contributed by atoms with Crippen LogP contribution in [0, 0.1) is 12.7 Å². The average Bonchev–Trinajstić information content (AvgIpc) is 3.60. The van der Waals surface area contributed by atoms with Gasteiger partial charge in [0.25, 0.3) is 0 Å². The second-order valence-corrected chi connectivity index (χ2v) is 8.88. The number of hydrogen-bond acceptors (Lipinski definition) is 8. The van der Waals surface area contributed by atoms with E-state index in [1.54, 1.807) is 12.3 Å². The van der Waals surface area contributed by atoms with Gasteiger partial charge in [-0.3, -0.25) is 5.10 Å². The van der Waals surface area contributed by atoms with Gasteiger partial charge < -0.3 is 29.3 Å². The minimum Gasteiger partial charge on any atom is -0.463 e. The summed E-state index contributed by atoms with van der Waals surface area (Å²) in [5.41, 5.74) is 2.37. The maximum absolute atomic E-state index is 14.8. The van der Waals surface area contributed by atoms with Crippen molar-refractivity contribution in [3.05, 3.63) is 60.2 Å². The minimum absolute atomic E-state index is 0.0428. The minimum atomic E-state index is -0.497. The molecular formula is C25H25FN8O2. The summed E-state index contributed by atoms with van der Waals surface area (Å²) in [5, 5.41) is 11.3. The molecule has 0 unspecified atom stereocenters. The van der Waals surface area contributed by atoms with Crippen molar-refractivity contribution in [3.8, 4) is 23.2 Å². The first-order valence-electron chi connectivity index (χ1n) is 11.7. The van der Waals surface area contributed by atoms with E-state index >= 15 is 0 Å². The maximum atomic E-state index is 14.8. The van der Waals surface area contributed by atoms with Crippen molar-refractivity contribution in [2.45, 2.75) is 6.92 Å². The van der Waals surface area contributed by atoms with Crippen LogP contribution in [-0.4, -0.2) is 63.3 Å². The van der Waals surface area contributed by atoms with E-state index in [2.05, 4.69) is 47.3 Å². The highest BCUT2D eigenvalue weighted by atomic mass is 19.1. The SMILES string of the molecule is Cc1cc2cc(Oc3nc(Nc4cc(-c5ccco5)[nH]n4)cc(N4CCN(C)CC4)n3)c(F)cc2[nH]1. The Morgan fingerprint density at radius 3 is 2.72 bits per heavy atom. The van der Waals surface area contributed by atoms with Crippen LogP contribution in [0.15, 0.2) is 53.1 Å². The normalized spacial score (nSPS) is 14.5. The first kappa shape index (κ1) is 22.1. The smallest absolute Gasteiger partial charge is 0.326 e. The molecule has 0 atom stereocenters. The number of hydrogen-bond donors (Lipinski definition) is 3. The first-order valence-corrected chi connectivity index (χ1v) is 11.7. The van der Waals surface area contributed by atoms with Crippen LogP contribution < -0.4 is 15.0 Å². The van der Waals surface area contributed by atoms with Gasteiger partial charge in [0.05, 0.1) is 6.26 Å². The van der Waals surface area contributed by atoms with E-state index in [-0.39, 0.29) is 11.8 Å². The molecule has 1 aliphatic heterocycles. The van der Waals surface area contributed by atoms with E-state index in [0.717, 1.165) is 43.0 Å². The molecule has 0 aliphatic carbocycles. The summed E-state index contributed by atoms with van der Waals surface area (Å²) in [4.78, 5) is 16.7. The monoisotopic (exact) mass is 488 g/mol. The van der Waals surface area contributed by atoms with E-state index in [9.17, 15) is 4.39 Å². The van der Waals surface area contributed by atoms with E-state index in [4.69, 9.17) is 9.15 Å². The van der Waals surface area contributed by atoms with Gasteiger partial charge in [0, 0.05) is 61.0 Å². The molecule has 184 valence electrons. The van der Waals surface area contributed by atoms with Gasteiger partial charge in [0.15, 0.2) is 23.1 Å². The zero-order valence-electron chi connectivity index (χ0n) is 19.9. The number of nitrogens with one attached hydrogen (secondary N) is 3. The molecule has 36 heavy (non-hydrogen) atoms. The van der Waals surface area contributed by atoms with Crippen LogP contribution >= 0.6 is 0 Å². The fraction of sp³-hybridized carbons (Fsp3) is 0.240. The highest BCUT2D eigenvalue weighted by Crippen LogP contribution is 2.31. The molecule has 1 aliphatic rings. The molecule has 5 heterocycles. The van der Waals surface area contributed by atoms with Crippen molar-refractivity contribution in [1.82, 2.24) is 30.0 Å². The number of furan rings is 1. The summed E-state index contributed by atoms with van der Waals surface area (Å²) in [6, 6.07) is 12.4. The number of aromatic nitrogens is 5. The molecule has 0 radical (unpaired) electrons. The second kappa shape index (κ2) is 9.00. The lowest BCUT2D eigenvalue weighted by Gasteiger charge is -2.33. The highest BCUT2D eigenvalue weighted by Gasteiger charge is 2.19. The zero-order valence-corrected chi connectivity index (χ0v) is 19.9. The number of nitrogens with zero attached hydrogens (tertiary/aromatic N) is 5. The molecule has 1 aromatic carbocycles. The number of ether oxygens (including phenoxy) is 1. The summed E-state index contributed by atoms with van der Waals surface area (Å²) < 4.78 is 26.2. The van der Waals surface area contributed by atoms with E-state index in [0.29, 0.717) is 28.7 Å². The molecule has 0 bridgehead atoms. The molecule has 0 amide bonds. The quantitative estimate of drug-likeness (QED) is 0.316. The van der Waals surface area contributed by atoms with Gasteiger partial charge in [0.1, 0.15) is 17.3 Å². The maximum Gasteiger partial charge on any atom is 0.326 e. The zero-order chi connectivity index (χ0) is 24.6. The summed E-state index contributed by atoms with van der Waals surface area (Å²) in [5.74, 6) is 1.95. The lowest BCUT2D eigenvalue weighted by atomic mass is 10.2. The number of benzene rings is 1. The lowest BCUT2D eigenvalue weighted by molar-refractivity contribution is 0.311. The Labute approximate surface area is 206 Å². The molecule has 4 aromatic heterocycles. The van der Waals surface area contributed by atoms with Gasteiger partial charge in [-0.05, 0) is 38.2 Å². The Balaban J connectivity index is 1.32. The largest absolute Gasteiger partial charge is 0.463 e. The molecule has 3 N–H and O–H groups in total. The van der Waals surface area contributed by atoms with Crippen LogP contribution in [0.3, 0.4) is 0 Å². The molecule has 6 rings (SSSR count). The number of aryl methyl sites for hydroxylation is 1. The van der Waals surface area contributed by atoms with Crippen LogP contribution in [0.25, 0.3) is 22.4 Å². The molecule has 10 nitrogen and oxygen atoms in total. The fourth-order valence-corrected chi connectivity index (χ4v) is 4.25. The predicted molar refractivity (Wildman–Crippen MR) is 134 cm³/mol. The number of anilines is 3. The highest BCUT2D eigenvalue weighted by molar-refractivity contribution is 5.82. The van der Waals surface area contributed by atoms with E-state index < -0.39 is 5.82 Å². The summed E-state index contributed by atoms with van der Waals surface area (Å²) in [6.07, 6.45) is 1.60. The third kappa shape index (κ3) is 4.48. The van der Waals surface area contributed by atoms with Gasteiger partial charge in [-0.1, -0.05) is 0 Å². The Hall–Kier alpha value is -4.38. The van der Waals surface area contributed by atoms with Gasteiger partial charge in [0.2, 0.25) is 0 Å². The summed E-state index contributed by atoms with van der Waals surface area (Å²) >= 11 is 0. The van der Waals surface area contributed by atoms with E-state index in [1.165, 1.54) is 6.07 Å². The fourth-order valence-electron chi connectivity index (χ4n) is 4.25. The van der Waals surface area contributed by atoms with Crippen LogP contribution in [0.2, 0.25) is 0 Å². The Morgan fingerprint density at radius 2 is 1.92 bits per heavy atom. The predicted octanol–water partition coefficient (Wildman–Crippen LogP) is 4.68. The van der Waals surface area contributed by atoms with Crippen LogP contribution in [0.4, 0.5) is 21.8 Å². The summed E-state index contributed by atoms with van der Waals surface area (Å²) in [6.45, 7) is 5.35. The molecule has 1 fully saturated rings. The van der Waals surface area contributed by atoms with Gasteiger partial charge >= 0.3 is 6.01 Å². The standard InChI is InChI=1S/C25H25FN8O2/c1-15-10-16-11-21(17(26)12-18(16)27-15)36-25-29-22(14-24(30-25)34-7-5-33(2)6-8-34)28-23-13-19(31-32-23)20-4-3-9-35-20/h3-4,9-14,27H,5-8H2,1-2H3,(H2,28,29,30,31,32). The van der Waals surface area contributed by atoms with Crippen LogP contribution in [0.5, 0.6) is 11.8 Å². The molecule has 5 aromatic rings. The van der Waals surface area contributed by atoms with Gasteiger partial charge in [-0.2, -0.15) is 15.1 Å². The number of aromatic amines is 2. The van der Waals surface area contributed by atoms with Crippen LogP contribution in [0.1, 0.15) is 5.69 Å². The van der Waals surface area contributed by atoms with Crippen LogP contribution in [-0.2, 0) is 0 Å². The number of halogens is 1. The van der Waals surface area contributed by atoms with Crippen molar-refractivity contribution in [2.75, 3.05) is 43.4 Å². The summed E-state index contributed by atoms with van der Waals surface area (Å²) in [7, 11) is 2.09. The number of likely N-dealkylation sites (N-methyl/N-ethyl adjacent to an activating group) is 1. The number of piperazine rings is 1. The van der Waals surface area contributed by atoms with Crippen molar-refractivity contribution in [3.63, 3.8) is 0 Å². The molecule has 0 saturated carbocycles. The van der Waals surface area contributed by atoms with Crippen molar-refractivity contribution < 1.29 is 13.5 Å².